The van der Waals surface area contributed by atoms with E-state index >= 15 is 0 Å². The first-order chi connectivity index (χ1) is 9.95. The van der Waals surface area contributed by atoms with E-state index in [1.54, 1.807) is 12.1 Å². The molecule has 0 unspecified atom stereocenters. The maximum atomic E-state index is 12.5. The van der Waals surface area contributed by atoms with Crippen LogP contribution in [0.2, 0.25) is 0 Å². The highest BCUT2D eigenvalue weighted by Crippen LogP contribution is 2.32. The molecule has 2 rings (SSSR count). The van der Waals surface area contributed by atoms with Gasteiger partial charge in [-0.25, -0.2) is 0 Å². The third kappa shape index (κ3) is 4.56. The Morgan fingerprint density at radius 3 is 2.38 bits per heavy atom. The molecule has 21 heavy (non-hydrogen) atoms. The van der Waals surface area contributed by atoms with Crippen molar-refractivity contribution in [1.29, 1.82) is 0 Å². The molecular weight excluding hydrogens is 276 g/mol. The normalized spacial score (nSPS) is 17.5. The zero-order valence-electron chi connectivity index (χ0n) is 12.8. The molecule has 0 N–H and O–H groups in total. The van der Waals surface area contributed by atoms with Gasteiger partial charge < -0.3 is 14.4 Å². The fourth-order valence-electron chi connectivity index (χ4n) is 2.59. The first kappa shape index (κ1) is 16.0. The number of likely N-dealkylation sites (tertiary alicyclic amines) is 1. The second kappa shape index (κ2) is 7.07. The zero-order chi connectivity index (χ0) is 15.4. The van der Waals surface area contributed by atoms with Gasteiger partial charge in [0.05, 0.1) is 0 Å². The van der Waals surface area contributed by atoms with E-state index in [1.165, 1.54) is 0 Å². The van der Waals surface area contributed by atoms with Gasteiger partial charge >= 0.3 is 6.61 Å². The van der Waals surface area contributed by atoms with Crippen LogP contribution in [0, 0.1) is 6.92 Å². The standard InChI is InChI=1S/C16H23F2NO2/c1-11(2)19-8-6-13(7-9-19)20-14-5-4-12(3)10-15(14)21-16(17)18/h4-5,10-11,13,16H,6-9H2,1-3H3. The molecule has 1 saturated heterocycles. The van der Waals surface area contributed by atoms with Gasteiger partial charge in [-0.05, 0) is 51.3 Å². The molecule has 1 aromatic carbocycles. The molecule has 1 fully saturated rings. The minimum atomic E-state index is -2.84. The summed E-state index contributed by atoms with van der Waals surface area (Å²) in [4.78, 5) is 2.39. The van der Waals surface area contributed by atoms with Gasteiger partial charge in [0.15, 0.2) is 11.5 Å². The number of nitrogens with zero attached hydrogens (tertiary/aromatic N) is 1. The Morgan fingerprint density at radius 1 is 1.14 bits per heavy atom. The molecule has 0 aliphatic carbocycles. The van der Waals surface area contributed by atoms with Gasteiger partial charge in [-0.1, -0.05) is 6.07 Å². The Morgan fingerprint density at radius 2 is 1.81 bits per heavy atom. The van der Waals surface area contributed by atoms with E-state index < -0.39 is 6.61 Å². The van der Waals surface area contributed by atoms with Crippen molar-refractivity contribution in [3.8, 4) is 11.5 Å². The number of rotatable bonds is 5. The van der Waals surface area contributed by atoms with Gasteiger partial charge in [-0.2, -0.15) is 8.78 Å². The number of benzene rings is 1. The molecule has 1 aliphatic rings. The summed E-state index contributed by atoms with van der Waals surface area (Å²) in [5.41, 5.74) is 0.868. The van der Waals surface area contributed by atoms with E-state index in [-0.39, 0.29) is 11.9 Å². The lowest BCUT2D eigenvalue weighted by atomic mass is 10.1. The van der Waals surface area contributed by atoms with Crippen molar-refractivity contribution in [1.82, 2.24) is 4.90 Å². The number of piperidine rings is 1. The molecule has 118 valence electrons. The summed E-state index contributed by atoms with van der Waals surface area (Å²) in [6.07, 6.45) is 1.86. The van der Waals surface area contributed by atoms with Crippen molar-refractivity contribution in [3.05, 3.63) is 23.8 Å². The fraction of sp³-hybridized carbons (Fsp3) is 0.625. The van der Waals surface area contributed by atoms with Gasteiger partial charge in [0, 0.05) is 19.1 Å². The van der Waals surface area contributed by atoms with Crippen LogP contribution in [0.4, 0.5) is 8.78 Å². The van der Waals surface area contributed by atoms with Crippen LogP contribution in [0.5, 0.6) is 11.5 Å². The average Bonchev–Trinajstić information content (AvgIpc) is 2.42. The number of hydrogen-bond acceptors (Lipinski definition) is 3. The number of ether oxygens (including phenoxy) is 2. The number of alkyl halides is 2. The predicted octanol–water partition coefficient (Wildman–Crippen LogP) is 3.85. The first-order valence-electron chi connectivity index (χ1n) is 7.42. The van der Waals surface area contributed by atoms with Gasteiger partial charge in [0.1, 0.15) is 6.10 Å². The van der Waals surface area contributed by atoms with Crippen LogP contribution in [0.1, 0.15) is 32.3 Å². The SMILES string of the molecule is Cc1ccc(OC2CCN(C(C)C)CC2)c(OC(F)F)c1. The van der Waals surface area contributed by atoms with Gasteiger partial charge in [0.25, 0.3) is 0 Å². The van der Waals surface area contributed by atoms with Crippen LogP contribution in [0.15, 0.2) is 18.2 Å². The molecule has 0 atom stereocenters. The van der Waals surface area contributed by atoms with Crippen molar-refractivity contribution in [3.63, 3.8) is 0 Å². The summed E-state index contributed by atoms with van der Waals surface area (Å²) >= 11 is 0. The lowest BCUT2D eigenvalue weighted by Crippen LogP contribution is -2.41. The molecule has 0 amide bonds. The van der Waals surface area contributed by atoms with Crippen molar-refractivity contribution >= 4 is 0 Å². The van der Waals surface area contributed by atoms with Crippen LogP contribution in [0.3, 0.4) is 0 Å². The van der Waals surface area contributed by atoms with Gasteiger partial charge in [-0.3, -0.25) is 0 Å². The van der Waals surface area contributed by atoms with E-state index in [9.17, 15) is 8.78 Å². The molecule has 5 heteroatoms. The van der Waals surface area contributed by atoms with E-state index in [0.717, 1.165) is 31.5 Å². The molecule has 3 nitrogen and oxygen atoms in total. The second-order valence-corrected chi connectivity index (χ2v) is 5.78. The van der Waals surface area contributed by atoms with E-state index in [0.29, 0.717) is 11.8 Å². The smallest absolute Gasteiger partial charge is 0.387 e. The average molecular weight is 299 g/mol. The molecule has 1 aliphatic heterocycles. The summed E-state index contributed by atoms with van der Waals surface area (Å²) in [5, 5.41) is 0. The van der Waals surface area contributed by atoms with Crippen molar-refractivity contribution in [2.45, 2.75) is 52.4 Å². The minimum Gasteiger partial charge on any atom is -0.486 e. The topological polar surface area (TPSA) is 21.7 Å². The highest BCUT2D eigenvalue weighted by atomic mass is 19.3. The molecule has 1 aromatic rings. The maximum absolute atomic E-state index is 12.5. The maximum Gasteiger partial charge on any atom is 0.387 e. The monoisotopic (exact) mass is 299 g/mol. The van der Waals surface area contributed by atoms with Gasteiger partial charge in [0.2, 0.25) is 0 Å². The molecule has 0 radical (unpaired) electrons. The fourth-order valence-corrected chi connectivity index (χ4v) is 2.59. The number of hydrogen-bond donors (Lipinski definition) is 0. The van der Waals surface area contributed by atoms with Crippen LogP contribution in [-0.2, 0) is 0 Å². The highest BCUT2D eigenvalue weighted by Gasteiger charge is 2.23. The van der Waals surface area contributed by atoms with Crippen molar-refractivity contribution in [2.24, 2.45) is 0 Å². The quantitative estimate of drug-likeness (QED) is 0.824. The number of halogens is 2. The number of aryl methyl sites for hydroxylation is 1. The lowest BCUT2D eigenvalue weighted by Gasteiger charge is -2.34. The van der Waals surface area contributed by atoms with Crippen LogP contribution >= 0.6 is 0 Å². The van der Waals surface area contributed by atoms with E-state index in [1.807, 2.05) is 13.0 Å². The predicted molar refractivity (Wildman–Crippen MR) is 78.2 cm³/mol. The van der Waals surface area contributed by atoms with E-state index in [4.69, 9.17) is 4.74 Å². The molecule has 0 bridgehead atoms. The van der Waals surface area contributed by atoms with Crippen molar-refractivity contribution < 1.29 is 18.3 Å². The summed E-state index contributed by atoms with van der Waals surface area (Å²) in [6.45, 7) is 5.30. The van der Waals surface area contributed by atoms with Crippen molar-refractivity contribution in [2.75, 3.05) is 13.1 Å². The Balaban J connectivity index is 2.00. The largest absolute Gasteiger partial charge is 0.486 e. The molecule has 1 heterocycles. The summed E-state index contributed by atoms with van der Waals surface area (Å²) < 4.78 is 35.4. The van der Waals surface area contributed by atoms with E-state index in [2.05, 4.69) is 23.5 Å². The third-order valence-corrected chi connectivity index (χ3v) is 3.82. The van der Waals surface area contributed by atoms with Crippen LogP contribution in [0.25, 0.3) is 0 Å². The summed E-state index contributed by atoms with van der Waals surface area (Å²) in [7, 11) is 0. The summed E-state index contributed by atoms with van der Waals surface area (Å²) in [6, 6.07) is 5.67. The molecule has 0 aromatic heterocycles. The molecular formula is C16H23F2NO2. The Hall–Kier alpha value is -1.36. The highest BCUT2D eigenvalue weighted by molar-refractivity contribution is 5.42. The van der Waals surface area contributed by atoms with Crippen LogP contribution < -0.4 is 9.47 Å². The Bertz CT molecular complexity index is 458. The third-order valence-electron chi connectivity index (χ3n) is 3.82. The van der Waals surface area contributed by atoms with Crippen LogP contribution in [-0.4, -0.2) is 36.7 Å². The molecule has 0 saturated carbocycles. The van der Waals surface area contributed by atoms with Gasteiger partial charge in [-0.15, -0.1) is 0 Å². The first-order valence-corrected chi connectivity index (χ1v) is 7.42. The Kier molecular flexibility index (Phi) is 5.39. The Labute approximate surface area is 124 Å². The zero-order valence-corrected chi connectivity index (χ0v) is 12.8. The lowest BCUT2D eigenvalue weighted by molar-refractivity contribution is -0.0526. The minimum absolute atomic E-state index is 0.0581. The second-order valence-electron chi connectivity index (χ2n) is 5.78. The summed E-state index contributed by atoms with van der Waals surface area (Å²) in [5.74, 6) is 0.528. The molecule has 0 spiro atoms.